The predicted octanol–water partition coefficient (Wildman–Crippen LogP) is 21.8. The zero-order valence-corrected chi connectivity index (χ0v) is 50.6. The van der Waals surface area contributed by atoms with E-state index in [-0.39, 0.29) is 18.5 Å². The van der Waals surface area contributed by atoms with Crippen molar-refractivity contribution in [3.63, 3.8) is 0 Å². The number of amides is 1. The van der Waals surface area contributed by atoms with E-state index in [0.29, 0.717) is 25.9 Å². The Hall–Kier alpha value is -1.14. The van der Waals surface area contributed by atoms with Gasteiger partial charge in [0.05, 0.1) is 25.4 Å². The van der Waals surface area contributed by atoms with Crippen molar-refractivity contribution in [2.45, 2.75) is 411 Å². The summed E-state index contributed by atoms with van der Waals surface area (Å²) in [5, 5.41) is 23.3. The third kappa shape index (κ3) is 60.1. The fourth-order valence-corrected chi connectivity index (χ4v) is 11.2. The number of esters is 1. The molecule has 0 aliphatic heterocycles. The average Bonchev–Trinajstić information content (AvgIpc) is 3.40. The van der Waals surface area contributed by atoms with Crippen LogP contribution in [0.5, 0.6) is 0 Å². The highest BCUT2D eigenvalue weighted by atomic mass is 16.5. The molecule has 0 aromatic rings. The number of hydrogen-bond acceptors (Lipinski definition) is 5. The molecule has 1 amide bonds. The summed E-state index contributed by atoms with van der Waals surface area (Å²) in [5.41, 5.74) is 0. The zero-order valence-electron chi connectivity index (χ0n) is 50.6. The maximum atomic E-state index is 12.5. The molecule has 2 unspecified atom stereocenters. The molecule has 0 bridgehead atoms. The topological polar surface area (TPSA) is 95.9 Å². The number of nitrogens with one attached hydrogen (secondary N) is 1. The lowest BCUT2D eigenvalue weighted by Crippen LogP contribution is -2.45. The first-order valence-electron chi connectivity index (χ1n) is 34.3. The Labute approximate surface area is 464 Å². The third-order valence-corrected chi connectivity index (χ3v) is 16.4. The Bertz CT molecular complexity index is 1070. The van der Waals surface area contributed by atoms with Crippen molar-refractivity contribution in [1.82, 2.24) is 5.32 Å². The second-order valence-corrected chi connectivity index (χ2v) is 23.9. The van der Waals surface area contributed by atoms with Crippen molar-refractivity contribution >= 4 is 11.9 Å². The Morgan fingerprint density at radius 3 is 0.824 bits per heavy atom. The van der Waals surface area contributed by atoms with Gasteiger partial charge in [-0.2, -0.15) is 0 Å². The van der Waals surface area contributed by atoms with Crippen molar-refractivity contribution in [3.05, 3.63) is 0 Å². The van der Waals surface area contributed by atoms with Gasteiger partial charge in [0.2, 0.25) is 5.91 Å². The number of hydrogen-bond donors (Lipinski definition) is 3. The van der Waals surface area contributed by atoms with E-state index in [4.69, 9.17) is 4.74 Å². The summed E-state index contributed by atoms with van der Waals surface area (Å²) in [7, 11) is 0. The summed E-state index contributed by atoms with van der Waals surface area (Å²) >= 11 is 0. The molecular formula is C68H135NO5. The fraction of sp³-hybridized carbons (Fsp3) is 0.971. The van der Waals surface area contributed by atoms with E-state index >= 15 is 0 Å². The van der Waals surface area contributed by atoms with Crippen molar-refractivity contribution in [2.75, 3.05) is 13.2 Å². The standard InChI is InChI=1S/C68H135NO5/c1-3-5-7-9-11-13-15-17-19-21-26-30-34-38-42-46-50-54-58-62-68(73)74-63-59-55-51-47-43-39-35-31-28-25-23-22-24-27-29-33-37-41-45-49-53-57-61-67(72)69-65(64-70)66(71)60-56-52-48-44-40-36-32-20-18-16-14-12-10-8-6-4-2/h65-66,70-71H,3-64H2,1-2H3,(H,69,72). The van der Waals surface area contributed by atoms with E-state index in [2.05, 4.69) is 19.2 Å². The van der Waals surface area contributed by atoms with Gasteiger partial charge in [0.1, 0.15) is 0 Å². The van der Waals surface area contributed by atoms with Crippen LogP contribution in [0.3, 0.4) is 0 Å². The van der Waals surface area contributed by atoms with Crippen molar-refractivity contribution < 1.29 is 24.5 Å². The lowest BCUT2D eigenvalue weighted by atomic mass is 10.0. The Kier molecular flexibility index (Phi) is 63.4. The molecule has 442 valence electrons. The molecule has 0 saturated heterocycles. The summed E-state index contributed by atoms with van der Waals surface area (Å²) in [6.07, 6.45) is 77.1. The van der Waals surface area contributed by atoms with E-state index < -0.39 is 12.1 Å². The predicted molar refractivity (Wildman–Crippen MR) is 324 cm³/mol. The van der Waals surface area contributed by atoms with E-state index in [1.807, 2.05) is 0 Å². The average molecular weight is 1050 g/mol. The molecule has 0 radical (unpaired) electrons. The molecule has 0 aliphatic rings. The largest absolute Gasteiger partial charge is 0.466 e. The van der Waals surface area contributed by atoms with Gasteiger partial charge in [-0.05, 0) is 25.7 Å². The highest BCUT2D eigenvalue weighted by Gasteiger charge is 2.20. The number of aliphatic hydroxyl groups excluding tert-OH is 2. The first-order chi connectivity index (χ1) is 36.5. The molecule has 6 heteroatoms. The van der Waals surface area contributed by atoms with Crippen LogP contribution >= 0.6 is 0 Å². The van der Waals surface area contributed by atoms with Crippen LogP contribution in [0.4, 0.5) is 0 Å². The molecule has 0 saturated carbocycles. The molecule has 0 heterocycles. The van der Waals surface area contributed by atoms with E-state index in [9.17, 15) is 19.8 Å². The first-order valence-corrected chi connectivity index (χ1v) is 34.3. The summed E-state index contributed by atoms with van der Waals surface area (Å²) in [6, 6.07) is -0.540. The van der Waals surface area contributed by atoms with Crippen LogP contribution in [0.2, 0.25) is 0 Å². The van der Waals surface area contributed by atoms with Gasteiger partial charge in [-0.3, -0.25) is 9.59 Å². The second kappa shape index (κ2) is 64.4. The highest BCUT2D eigenvalue weighted by molar-refractivity contribution is 5.76. The number of carbonyl (C=O) groups is 2. The number of unbranched alkanes of at least 4 members (excludes halogenated alkanes) is 54. The molecule has 2 atom stereocenters. The van der Waals surface area contributed by atoms with Crippen molar-refractivity contribution in [1.29, 1.82) is 0 Å². The number of rotatable bonds is 65. The maximum Gasteiger partial charge on any atom is 0.305 e. The molecule has 0 spiro atoms. The van der Waals surface area contributed by atoms with Gasteiger partial charge in [-0.25, -0.2) is 0 Å². The smallest absolute Gasteiger partial charge is 0.305 e. The minimum atomic E-state index is -0.663. The normalized spacial score (nSPS) is 12.4. The van der Waals surface area contributed by atoms with Gasteiger partial charge in [-0.15, -0.1) is 0 Å². The van der Waals surface area contributed by atoms with Gasteiger partial charge < -0.3 is 20.3 Å². The molecule has 0 fully saturated rings. The van der Waals surface area contributed by atoms with Gasteiger partial charge in [0.15, 0.2) is 0 Å². The lowest BCUT2D eigenvalue weighted by molar-refractivity contribution is -0.143. The van der Waals surface area contributed by atoms with Crippen LogP contribution in [-0.4, -0.2) is 47.4 Å². The van der Waals surface area contributed by atoms with E-state index in [1.165, 1.54) is 327 Å². The molecule has 0 aromatic carbocycles. The van der Waals surface area contributed by atoms with Crippen LogP contribution in [0, 0.1) is 0 Å². The Morgan fingerprint density at radius 1 is 0.324 bits per heavy atom. The lowest BCUT2D eigenvalue weighted by Gasteiger charge is -2.22. The molecule has 0 aromatic heterocycles. The van der Waals surface area contributed by atoms with Gasteiger partial charge in [0.25, 0.3) is 0 Å². The van der Waals surface area contributed by atoms with E-state index in [1.54, 1.807) is 0 Å². The van der Waals surface area contributed by atoms with Gasteiger partial charge in [-0.1, -0.05) is 361 Å². The fourth-order valence-electron chi connectivity index (χ4n) is 11.2. The molecule has 0 aliphatic carbocycles. The molecule has 3 N–H and O–H groups in total. The van der Waals surface area contributed by atoms with Crippen LogP contribution in [0.25, 0.3) is 0 Å². The van der Waals surface area contributed by atoms with Crippen molar-refractivity contribution in [3.8, 4) is 0 Å². The summed E-state index contributed by atoms with van der Waals surface area (Å²) in [4.78, 5) is 24.6. The van der Waals surface area contributed by atoms with Crippen LogP contribution in [0.1, 0.15) is 399 Å². The van der Waals surface area contributed by atoms with Crippen molar-refractivity contribution in [2.24, 2.45) is 0 Å². The molecular weight excluding hydrogens is 911 g/mol. The summed E-state index contributed by atoms with van der Waals surface area (Å²) in [6.45, 7) is 5.00. The summed E-state index contributed by atoms with van der Waals surface area (Å²) in [5.74, 6) is -0.0116. The van der Waals surface area contributed by atoms with Gasteiger partial charge in [0, 0.05) is 12.8 Å². The van der Waals surface area contributed by atoms with Gasteiger partial charge >= 0.3 is 5.97 Å². The Balaban J connectivity index is 3.34. The molecule has 6 nitrogen and oxygen atoms in total. The number of carbonyl (C=O) groups excluding carboxylic acids is 2. The van der Waals surface area contributed by atoms with Crippen LogP contribution in [0.15, 0.2) is 0 Å². The third-order valence-electron chi connectivity index (χ3n) is 16.4. The quantitative estimate of drug-likeness (QED) is 0.0417. The maximum absolute atomic E-state index is 12.5. The Morgan fingerprint density at radius 2 is 0.554 bits per heavy atom. The number of ether oxygens (including phenoxy) is 1. The highest BCUT2D eigenvalue weighted by Crippen LogP contribution is 2.19. The van der Waals surface area contributed by atoms with Crippen LogP contribution < -0.4 is 5.32 Å². The van der Waals surface area contributed by atoms with Crippen LogP contribution in [-0.2, 0) is 14.3 Å². The second-order valence-electron chi connectivity index (χ2n) is 23.9. The van der Waals surface area contributed by atoms with E-state index in [0.717, 1.165) is 38.5 Å². The SMILES string of the molecule is CCCCCCCCCCCCCCCCCCCCCC(=O)OCCCCCCCCCCCCCCCCCCCCCCCCC(=O)NC(CO)C(O)CCCCCCCCCCCCCCCCCC. The molecule has 74 heavy (non-hydrogen) atoms. The first kappa shape index (κ1) is 72.9. The number of aliphatic hydroxyl groups is 2. The molecule has 0 rings (SSSR count). The summed E-state index contributed by atoms with van der Waals surface area (Å²) < 4.78 is 5.51. The minimum absolute atomic E-state index is 0.0195. The monoisotopic (exact) mass is 1050 g/mol. The minimum Gasteiger partial charge on any atom is -0.466 e. The zero-order chi connectivity index (χ0) is 53.6.